The topological polar surface area (TPSA) is 29.5 Å². The lowest BCUT2D eigenvalue weighted by Gasteiger charge is -2.15. The van der Waals surface area contributed by atoms with Crippen LogP contribution in [0.5, 0.6) is 5.75 Å². The molecule has 0 amide bonds. The van der Waals surface area contributed by atoms with Crippen molar-refractivity contribution in [2.75, 3.05) is 6.61 Å². The molecule has 2 rings (SSSR count). The van der Waals surface area contributed by atoms with E-state index in [4.69, 9.17) is 16.3 Å². The average molecular weight is 263 g/mol. The Labute approximate surface area is 112 Å². The molecule has 94 valence electrons. The van der Waals surface area contributed by atoms with Crippen molar-refractivity contribution in [1.82, 2.24) is 0 Å². The standard InChI is InChI=1S/C15H15ClO2/c1-11-6-2-3-7-12(11)14(17)10-18-15-9-5-4-8-13(15)16/h2-9,14,17H,10H2,1H3. The van der Waals surface area contributed by atoms with Gasteiger partial charge in [0.25, 0.3) is 0 Å². The van der Waals surface area contributed by atoms with Gasteiger partial charge in [0.05, 0.1) is 5.02 Å². The summed E-state index contributed by atoms with van der Waals surface area (Å²) in [6.07, 6.45) is -0.650. The van der Waals surface area contributed by atoms with Crippen molar-refractivity contribution in [3.8, 4) is 5.75 Å². The molecular formula is C15H15ClO2. The minimum absolute atomic E-state index is 0.189. The molecule has 1 unspecified atom stereocenters. The van der Waals surface area contributed by atoms with Gasteiger partial charge >= 0.3 is 0 Å². The number of aliphatic hydroxyl groups is 1. The molecule has 0 fully saturated rings. The van der Waals surface area contributed by atoms with Crippen molar-refractivity contribution in [3.05, 3.63) is 64.7 Å². The van der Waals surface area contributed by atoms with Crippen LogP contribution in [0.3, 0.4) is 0 Å². The monoisotopic (exact) mass is 262 g/mol. The van der Waals surface area contributed by atoms with Crippen LogP contribution in [-0.2, 0) is 0 Å². The van der Waals surface area contributed by atoms with E-state index in [-0.39, 0.29) is 6.61 Å². The smallest absolute Gasteiger partial charge is 0.138 e. The molecule has 2 aromatic rings. The Bertz CT molecular complexity index is 525. The summed E-state index contributed by atoms with van der Waals surface area (Å²) in [5, 5.41) is 10.6. The largest absolute Gasteiger partial charge is 0.489 e. The van der Waals surface area contributed by atoms with E-state index < -0.39 is 6.10 Å². The summed E-state index contributed by atoms with van der Waals surface area (Å²) in [5.74, 6) is 0.590. The quantitative estimate of drug-likeness (QED) is 0.909. The molecule has 0 heterocycles. The molecule has 2 aromatic carbocycles. The van der Waals surface area contributed by atoms with Gasteiger partial charge in [-0.15, -0.1) is 0 Å². The van der Waals surface area contributed by atoms with Crippen molar-refractivity contribution in [2.45, 2.75) is 13.0 Å². The van der Waals surface area contributed by atoms with Crippen LogP contribution in [0.2, 0.25) is 5.02 Å². The summed E-state index contributed by atoms with van der Waals surface area (Å²) < 4.78 is 5.53. The third kappa shape index (κ3) is 3.03. The van der Waals surface area contributed by atoms with Gasteiger partial charge in [-0.1, -0.05) is 48.0 Å². The maximum Gasteiger partial charge on any atom is 0.138 e. The highest BCUT2D eigenvalue weighted by Crippen LogP contribution is 2.25. The Morgan fingerprint density at radius 1 is 1.11 bits per heavy atom. The fourth-order valence-electron chi connectivity index (χ4n) is 1.78. The lowest BCUT2D eigenvalue weighted by atomic mass is 10.0. The zero-order chi connectivity index (χ0) is 13.0. The average Bonchev–Trinajstić information content (AvgIpc) is 2.38. The molecule has 0 saturated heterocycles. The maximum atomic E-state index is 10.1. The molecule has 3 heteroatoms. The minimum Gasteiger partial charge on any atom is -0.489 e. The van der Waals surface area contributed by atoms with Crippen molar-refractivity contribution < 1.29 is 9.84 Å². The van der Waals surface area contributed by atoms with E-state index in [1.807, 2.05) is 43.3 Å². The van der Waals surface area contributed by atoms with Gasteiger partial charge in [-0.3, -0.25) is 0 Å². The maximum absolute atomic E-state index is 10.1. The van der Waals surface area contributed by atoms with E-state index >= 15 is 0 Å². The van der Waals surface area contributed by atoms with Crippen LogP contribution in [0, 0.1) is 6.92 Å². The number of hydrogen-bond donors (Lipinski definition) is 1. The lowest BCUT2D eigenvalue weighted by molar-refractivity contribution is 0.108. The van der Waals surface area contributed by atoms with Crippen LogP contribution < -0.4 is 4.74 Å². The molecule has 0 spiro atoms. The van der Waals surface area contributed by atoms with Crippen LogP contribution in [0.1, 0.15) is 17.2 Å². The third-order valence-corrected chi connectivity index (χ3v) is 3.09. The highest BCUT2D eigenvalue weighted by molar-refractivity contribution is 6.32. The van der Waals surface area contributed by atoms with Gasteiger partial charge in [0.15, 0.2) is 0 Å². The Hall–Kier alpha value is -1.51. The molecule has 0 saturated carbocycles. The van der Waals surface area contributed by atoms with E-state index in [0.717, 1.165) is 11.1 Å². The molecule has 0 aliphatic heterocycles. The van der Waals surface area contributed by atoms with Crippen molar-refractivity contribution in [3.63, 3.8) is 0 Å². The summed E-state index contributed by atoms with van der Waals surface area (Å²) in [6, 6.07) is 14.9. The predicted molar refractivity (Wildman–Crippen MR) is 73.1 cm³/mol. The third-order valence-electron chi connectivity index (χ3n) is 2.78. The Kier molecular flexibility index (Phi) is 4.24. The number of ether oxygens (including phenoxy) is 1. The number of aliphatic hydroxyl groups excluding tert-OH is 1. The van der Waals surface area contributed by atoms with E-state index in [1.54, 1.807) is 12.1 Å². The number of hydrogen-bond acceptors (Lipinski definition) is 2. The van der Waals surface area contributed by atoms with Crippen LogP contribution in [0.25, 0.3) is 0 Å². The van der Waals surface area contributed by atoms with Gasteiger partial charge in [0.2, 0.25) is 0 Å². The van der Waals surface area contributed by atoms with Gasteiger partial charge in [-0.2, -0.15) is 0 Å². The first-order chi connectivity index (χ1) is 8.68. The van der Waals surface area contributed by atoms with Gasteiger partial charge in [-0.05, 0) is 30.2 Å². The summed E-state index contributed by atoms with van der Waals surface area (Å²) in [4.78, 5) is 0. The summed E-state index contributed by atoms with van der Waals surface area (Å²) in [5.41, 5.74) is 1.93. The fourth-order valence-corrected chi connectivity index (χ4v) is 1.97. The highest BCUT2D eigenvalue weighted by atomic mass is 35.5. The minimum atomic E-state index is -0.650. The zero-order valence-corrected chi connectivity index (χ0v) is 10.9. The van der Waals surface area contributed by atoms with Crippen molar-refractivity contribution in [1.29, 1.82) is 0 Å². The van der Waals surface area contributed by atoms with Gasteiger partial charge in [0.1, 0.15) is 18.5 Å². The van der Waals surface area contributed by atoms with E-state index in [2.05, 4.69) is 0 Å². The Balaban J connectivity index is 2.03. The lowest BCUT2D eigenvalue weighted by Crippen LogP contribution is -2.11. The first-order valence-electron chi connectivity index (χ1n) is 5.79. The molecule has 2 nitrogen and oxygen atoms in total. The van der Waals surface area contributed by atoms with Crippen LogP contribution in [0.4, 0.5) is 0 Å². The first kappa shape index (κ1) is 12.9. The van der Waals surface area contributed by atoms with E-state index in [0.29, 0.717) is 10.8 Å². The van der Waals surface area contributed by atoms with Crippen LogP contribution in [0.15, 0.2) is 48.5 Å². The Morgan fingerprint density at radius 2 is 1.78 bits per heavy atom. The molecule has 0 bridgehead atoms. The highest BCUT2D eigenvalue weighted by Gasteiger charge is 2.11. The molecule has 1 atom stereocenters. The molecule has 0 aromatic heterocycles. The number of benzene rings is 2. The number of halogens is 1. The molecule has 1 N–H and O–H groups in total. The van der Waals surface area contributed by atoms with Crippen LogP contribution in [-0.4, -0.2) is 11.7 Å². The Morgan fingerprint density at radius 3 is 2.50 bits per heavy atom. The van der Waals surface area contributed by atoms with E-state index in [9.17, 15) is 5.11 Å². The van der Waals surface area contributed by atoms with Gasteiger partial charge in [0, 0.05) is 0 Å². The molecule has 0 aliphatic carbocycles. The van der Waals surface area contributed by atoms with Crippen molar-refractivity contribution >= 4 is 11.6 Å². The molecule has 0 radical (unpaired) electrons. The van der Waals surface area contributed by atoms with Gasteiger partial charge in [-0.25, -0.2) is 0 Å². The summed E-state index contributed by atoms with van der Waals surface area (Å²) in [7, 11) is 0. The van der Waals surface area contributed by atoms with Gasteiger partial charge < -0.3 is 9.84 Å². The zero-order valence-electron chi connectivity index (χ0n) is 10.1. The van der Waals surface area contributed by atoms with E-state index in [1.165, 1.54) is 0 Å². The molecular weight excluding hydrogens is 248 g/mol. The normalized spacial score (nSPS) is 12.2. The molecule has 0 aliphatic rings. The molecule has 18 heavy (non-hydrogen) atoms. The SMILES string of the molecule is Cc1ccccc1C(O)COc1ccccc1Cl. The van der Waals surface area contributed by atoms with Crippen LogP contribution >= 0.6 is 11.6 Å². The predicted octanol–water partition coefficient (Wildman–Crippen LogP) is 3.76. The van der Waals surface area contributed by atoms with Crippen molar-refractivity contribution in [2.24, 2.45) is 0 Å². The number of aryl methyl sites for hydroxylation is 1. The first-order valence-corrected chi connectivity index (χ1v) is 6.17. The number of para-hydroxylation sites is 1. The summed E-state index contributed by atoms with van der Waals surface area (Å²) in [6.45, 7) is 2.16. The second kappa shape index (κ2) is 5.89. The number of rotatable bonds is 4. The fraction of sp³-hybridized carbons (Fsp3) is 0.200. The summed E-state index contributed by atoms with van der Waals surface area (Å²) >= 11 is 5.98. The second-order valence-corrected chi connectivity index (χ2v) is 4.52. The second-order valence-electron chi connectivity index (χ2n) is 4.11.